The van der Waals surface area contributed by atoms with Gasteiger partial charge in [0.1, 0.15) is 11.6 Å². The summed E-state index contributed by atoms with van der Waals surface area (Å²) in [6.07, 6.45) is -2.94. The number of anilines is 5. The van der Waals surface area contributed by atoms with Crippen LogP contribution in [0.5, 0.6) is 0 Å². The summed E-state index contributed by atoms with van der Waals surface area (Å²) in [6, 6.07) is 32.3. The van der Waals surface area contributed by atoms with Crippen LogP contribution in [0.3, 0.4) is 0 Å². The number of aliphatic carboxylic acids is 1. The molecule has 0 bridgehead atoms. The van der Waals surface area contributed by atoms with Gasteiger partial charge in [-0.25, -0.2) is 8.78 Å². The maximum Gasteiger partial charge on any atom is 0.448 e. The molecule has 2 heterocycles. The van der Waals surface area contributed by atoms with Gasteiger partial charge >= 0.3 is 31.6 Å². The van der Waals surface area contributed by atoms with Crippen LogP contribution >= 0.6 is 22.6 Å². The third-order valence-corrected chi connectivity index (χ3v) is 18.4. The molecule has 0 aromatic heterocycles. The van der Waals surface area contributed by atoms with Gasteiger partial charge in [0.05, 0.1) is 51.7 Å². The third kappa shape index (κ3) is 22.0. The average molecular weight is 1540 g/mol. The third-order valence-electron chi connectivity index (χ3n) is 17.5. The van der Waals surface area contributed by atoms with E-state index in [4.69, 9.17) is 33.9 Å². The standard InChI is InChI=1S/C33H35F4N3O2.C25H29FN2O3.C8H8F3N.C7H5F3IN.CH5BO2/c1-20-12-15-25(19-27(20)33(35,36)37)39-31(41)26-10-6-18-40(32(42)29-21(2)7-5-11-28(29)34)30(26)22-13-16-24(17-14-22)38-23-8-3-4-9-23;1-16-6-4-10-21(26)22(16)24(29)28-15-5-9-20(25(30)31)23(28)17-11-13-19(14-12-17)27-18-7-2-3-8-18;1-5-2-3-6(12)4-7(5)8(9,10)11;8-7(9,10)5-3-4(12)1-2-6(5)11;1-2(3)4/h5,7,11-17,19,23,26,30,38H,3-4,6,8-10,18H2,1-2H3,(H,39,41);4,6,10-14,18,20,23,27H,2-3,5,7-9,15H2,1H3,(H,30,31);2-4H,12H2,1H3;1-3H,12H2;3-4H,1H3/t26-,30-;20-,23-;;;/m00.../s1/i1D3;;1D3;;1D3. The van der Waals surface area contributed by atoms with Gasteiger partial charge in [0, 0.05) is 69.5 Å². The average Bonchev–Trinajstić information content (AvgIpc) is 0.898. The van der Waals surface area contributed by atoms with Gasteiger partial charge in [-0.1, -0.05) is 86.3 Å². The number of likely N-dealkylation sites (tertiary alicyclic amines) is 2. The minimum absolute atomic E-state index is 0.0260. The monoisotopic (exact) mass is 1540 g/mol. The Morgan fingerprint density at radius 1 is 0.515 bits per heavy atom. The van der Waals surface area contributed by atoms with Crippen LogP contribution in [0.1, 0.15) is 172 Å². The van der Waals surface area contributed by atoms with Gasteiger partial charge in [0.2, 0.25) is 5.91 Å². The number of nitrogens with zero attached hydrogens (tertiary/aromatic N) is 2. The van der Waals surface area contributed by atoms with E-state index < -0.39 is 133 Å². The number of piperidine rings is 2. The number of nitrogens with one attached hydrogen (secondary N) is 3. The van der Waals surface area contributed by atoms with Gasteiger partial charge in [0.25, 0.3) is 11.8 Å². The molecule has 10 N–H and O–H groups in total. The van der Waals surface area contributed by atoms with Crippen molar-refractivity contribution >= 4 is 81.8 Å². The van der Waals surface area contributed by atoms with Crippen molar-refractivity contribution in [2.24, 2.45) is 11.8 Å². The predicted octanol–water partition coefficient (Wildman–Crippen LogP) is 17.8. The molecule has 542 valence electrons. The molecule has 7 aromatic rings. The maximum absolute atomic E-state index is 15.0. The van der Waals surface area contributed by atoms with Crippen molar-refractivity contribution in [3.63, 3.8) is 0 Å². The van der Waals surface area contributed by atoms with E-state index in [1.54, 1.807) is 59.5 Å². The predicted molar refractivity (Wildman–Crippen MR) is 378 cm³/mol. The number of aryl methyl sites for hydroxylation is 4. The molecular formula is C74H82BF11IN7O7. The Morgan fingerprint density at radius 2 is 0.901 bits per heavy atom. The molecule has 0 spiro atoms. The summed E-state index contributed by atoms with van der Waals surface area (Å²) in [5.74, 6) is -5.46. The number of nitrogen functional groups attached to an aromatic ring is 2. The molecule has 3 amide bonds. The van der Waals surface area contributed by atoms with E-state index in [9.17, 15) is 72.6 Å². The number of carbonyl (C=O) groups excluding carboxylic acids is 3. The molecule has 0 unspecified atom stereocenters. The van der Waals surface area contributed by atoms with Crippen molar-refractivity contribution < 1.29 is 95.0 Å². The van der Waals surface area contributed by atoms with Crippen LogP contribution < -0.4 is 27.4 Å². The lowest BCUT2D eigenvalue weighted by Gasteiger charge is -2.41. The number of benzene rings is 7. The summed E-state index contributed by atoms with van der Waals surface area (Å²) in [4.78, 5) is 56.1. The Morgan fingerprint density at radius 3 is 1.30 bits per heavy atom. The second kappa shape index (κ2) is 35.4. The molecule has 2 saturated carbocycles. The Bertz CT molecular complexity index is 4280. The van der Waals surface area contributed by atoms with Crippen molar-refractivity contribution in [2.75, 3.05) is 40.5 Å². The number of rotatable bonds is 11. The lowest BCUT2D eigenvalue weighted by molar-refractivity contribution is -0.145. The van der Waals surface area contributed by atoms with Gasteiger partial charge in [-0.2, -0.15) is 39.5 Å². The van der Waals surface area contributed by atoms with Gasteiger partial charge in [0.15, 0.2) is 0 Å². The molecule has 101 heavy (non-hydrogen) atoms. The molecule has 27 heteroatoms. The number of amides is 3. The summed E-state index contributed by atoms with van der Waals surface area (Å²) in [7, 11) is -2.20. The van der Waals surface area contributed by atoms with E-state index in [0.29, 0.717) is 73.1 Å². The molecule has 2 aliphatic carbocycles. The fourth-order valence-corrected chi connectivity index (χ4v) is 13.4. The van der Waals surface area contributed by atoms with Crippen molar-refractivity contribution in [3.05, 3.63) is 216 Å². The normalized spacial score (nSPS) is 19.5. The highest BCUT2D eigenvalue weighted by Gasteiger charge is 2.43. The van der Waals surface area contributed by atoms with E-state index in [0.717, 1.165) is 85.8 Å². The fraction of sp³-hybridized carbons (Fsp3) is 0.378. The highest BCUT2D eigenvalue weighted by atomic mass is 127. The second-order valence-electron chi connectivity index (χ2n) is 24.7. The molecule has 4 atom stereocenters. The molecule has 7 aromatic carbocycles. The summed E-state index contributed by atoms with van der Waals surface area (Å²) in [6.45, 7) is -4.46. The minimum Gasteiger partial charge on any atom is -0.481 e. The van der Waals surface area contributed by atoms with E-state index in [2.05, 4.69) is 16.0 Å². The first kappa shape index (κ1) is 67.1. The van der Waals surface area contributed by atoms with E-state index >= 15 is 0 Å². The van der Waals surface area contributed by atoms with Crippen molar-refractivity contribution in [1.29, 1.82) is 0 Å². The van der Waals surface area contributed by atoms with Crippen molar-refractivity contribution in [3.8, 4) is 0 Å². The quantitative estimate of drug-likeness (QED) is 0.0263. The van der Waals surface area contributed by atoms with E-state index in [-0.39, 0.29) is 38.3 Å². The highest BCUT2D eigenvalue weighted by Crippen LogP contribution is 2.43. The zero-order valence-electron chi connectivity index (χ0n) is 63.8. The second-order valence-corrected chi connectivity index (χ2v) is 25.9. The van der Waals surface area contributed by atoms with Crippen LogP contribution in [0.2, 0.25) is 6.75 Å². The maximum atomic E-state index is 15.0. The number of hydrogen-bond donors (Lipinski definition) is 8. The topological polar surface area (TPSA) is 224 Å². The zero-order chi connectivity index (χ0) is 81.8. The number of carboxylic acids is 1. The number of nitrogens with two attached hydrogens (primary N) is 2. The molecule has 4 fully saturated rings. The molecule has 11 rings (SSSR count). The van der Waals surface area contributed by atoms with Crippen LogP contribution in [0.15, 0.2) is 140 Å². The Kier molecular flexibility index (Phi) is 23.5. The molecular weight excluding hydrogens is 1450 g/mol. The summed E-state index contributed by atoms with van der Waals surface area (Å²) in [5, 5.41) is 35.2. The smallest absolute Gasteiger partial charge is 0.448 e. The van der Waals surface area contributed by atoms with Crippen LogP contribution in [0.4, 0.5) is 76.7 Å². The van der Waals surface area contributed by atoms with Crippen molar-refractivity contribution in [1.82, 2.24) is 9.80 Å². The number of carboxylic acid groups (broad SMARTS) is 1. The highest BCUT2D eigenvalue weighted by molar-refractivity contribution is 14.1. The molecule has 0 radical (unpaired) electrons. The number of hydrogen-bond acceptors (Lipinski definition) is 10. The van der Waals surface area contributed by atoms with Crippen LogP contribution in [-0.2, 0) is 28.1 Å². The van der Waals surface area contributed by atoms with Crippen LogP contribution in [-0.4, -0.2) is 80.9 Å². The Hall–Kier alpha value is -8.44. The first-order valence-corrected chi connectivity index (χ1v) is 33.3. The summed E-state index contributed by atoms with van der Waals surface area (Å²) in [5.41, 5.74) is 9.56. The Balaban J connectivity index is 0.000000221. The lowest BCUT2D eigenvalue weighted by Crippen LogP contribution is -2.46. The van der Waals surface area contributed by atoms with Gasteiger partial charge < -0.3 is 52.4 Å². The first-order chi connectivity index (χ1) is 51.2. The van der Waals surface area contributed by atoms with Crippen molar-refractivity contribution in [2.45, 2.75) is 154 Å². The van der Waals surface area contributed by atoms with Crippen LogP contribution in [0.25, 0.3) is 0 Å². The number of alkyl halides is 9. The van der Waals surface area contributed by atoms with Crippen LogP contribution in [0, 0.1) is 54.6 Å². The largest absolute Gasteiger partial charge is 0.481 e. The molecule has 4 aliphatic rings. The lowest BCUT2D eigenvalue weighted by atomic mass is 9.83. The minimum atomic E-state index is -4.97. The molecule has 2 aliphatic heterocycles. The van der Waals surface area contributed by atoms with Gasteiger partial charge in [-0.15, -0.1) is 0 Å². The fourth-order valence-electron chi connectivity index (χ4n) is 12.7. The van der Waals surface area contributed by atoms with Gasteiger partial charge in [-0.3, -0.25) is 19.2 Å². The summed E-state index contributed by atoms with van der Waals surface area (Å²) < 4.78 is 207. The van der Waals surface area contributed by atoms with Gasteiger partial charge in [-0.05, 0) is 221 Å². The molecule has 2 saturated heterocycles. The Labute approximate surface area is 606 Å². The number of carbonyl (C=O) groups is 4. The van der Waals surface area contributed by atoms with E-state index in [1.165, 1.54) is 48.1 Å². The summed E-state index contributed by atoms with van der Waals surface area (Å²) >= 11 is 1.63. The van der Waals surface area contributed by atoms with E-state index in [1.807, 2.05) is 48.5 Å². The number of halogens is 12. The zero-order valence-corrected chi connectivity index (χ0v) is 56.9. The molecule has 14 nitrogen and oxygen atoms in total. The first-order valence-electron chi connectivity index (χ1n) is 36.7. The SMILES string of the molecule is Cc1cccc(F)c1C(=O)N1CCC[C@H](C(=O)O)[C@@H]1c1ccc(NC2CCCC2)cc1.Nc1ccc(I)c(C(F)(F)F)c1.[2H]C([2H])([2H])B(O)O.[2H]C([2H])([2H])c1ccc(N)cc1C(F)(F)F.[2H]C([2H])([2H])c1ccc(NC(=O)[C@H]2CCCN(C(=O)c3c(C)cccc3F)[C@H]2c2ccc(NC3CCCC3)cc2)cc1C(F)(F)F.